The lowest BCUT2D eigenvalue weighted by Crippen LogP contribution is -2.24. The predicted molar refractivity (Wildman–Crippen MR) is 42.8 cm³/mol. The van der Waals surface area contributed by atoms with Crippen LogP contribution in [0.1, 0.15) is 13.0 Å². The summed E-state index contributed by atoms with van der Waals surface area (Å²) in [7, 11) is 0. The molecule has 7 heteroatoms. The molecule has 13 heavy (non-hydrogen) atoms. The SMILES string of the molecule is CC(C(N)=O)n1cc([N+](=O)[O-])cn1. The molecule has 0 aliphatic heterocycles. The highest BCUT2D eigenvalue weighted by Crippen LogP contribution is 2.11. The Labute approximate surface area is 73.3 Å². The van der Waals surface area contributed by atoms with E-state index in [1.807, 2.05) is 0 Å². The maximum atomic E-state index is 10.7. The molecule has 1 amide bonds. The summed E-state index contributed by atoms with van der Waals surface area (Å²) in [5.74, 6) is -0.585. The highest BCUT2D eigenvalue weighted by atomic mass is 16.6. The van der Waals surface area contributed by atoms with Crippen molar-refractivity contribution in [2.24, 2.45) is 5.73 Å². The normalized spacial score (nSPS) is 12.4. The first-order valence-corrected chi connectivity index (χ1v) is 3.50. The number of hydrogen-bond donors (Lipinski definition) is 1. The second-order valence-electron chi connectivity index (χ2n) is 2.51. The fourth-order valence-corrected chi connectivity index (χ4v) is 0.764. The molecule has 70 valence electrons. The molecule has 0 spiro atoms. The molecule has 7 nitrogen and oxygen atoms in total. The van der Waals surface area contributed by atoms with Gasteiger partial charge in [0.05, 0.1) is 4.92 Å². The largest absolute Gasteiger partial charge is 0.368 e. The fraction of sp³-hybridized carbons (Fsp3) is 0.333. The van der Waals surface area contributed by atoms with Gasteiger partial charge in [-0.1, -0.05) is 0 Å². The maximum absolute atomic E-state index is 10.7. The molecule has 1 unspecified atom stereocenters. The van der Waals surface area contributed by atoms with Crippen molar-refractivity contribution in [1.82, 2.24) is 9.78 Å². The van der Waals surface area contributed by atoms with Gasteiger partial charge >= 0.3 is 5.69 Å². The van der Waals surface area contributed by atoms with Crippen molar-refractivity contribution in [3.8, 4) is 0 Å². The van der Waals surface area contributed by atoms with Crippen molar-refractivity contribution < 1.29 is 9.72 Å². The zero-order valence-corrected chi connectivity index (χ0v) is 6.88. The van der Waals surface area contributed by atoms with Crippen molar-refractivity contribution in [3.63, 3.8) is 0 Å². The van der Waals surface area contributed by atoms with Gasteiger partial charge in [-0.05, 0) is 6.92 Å². The average Bonchev–Trinajstić information content (AvgIpc) is 2.50. The highest BCUT2D eigenvalue weighted by Gasteiger charge is 2.15. The quantitative estimate of drug-likeness (QED) is 0.520. The van der Waals surface area contributed by atoms with Gasteiger partial charge in [-0.3, -0.25) is 19.6 Å². The third kappa shape index (κ3) is 1.81. The first-order chi connectivity index (χ1) is 6.02. The first-order valence-electron chi connectivity index (χ1n) is 3.50. The number of nitrogens with two attached hydrogens (primary N) is 1. The third-order valence-corrected chi connectivity index (χ3v) is 1.61. The summed E-state index contributed by atoms with van der Waals surface area (Å²) in [5, 5.41) is 13.9. The molecule has 0 saturated carbocycles. The van der Waals surface area contributed by atoms with E-state index in [1.165, 1.54) is 6.92 Å². The maximum Gasteiger partial charge on any atom is 0.307 e. The Morgan fingerprint density at radius 2 is 2.46 bits per heavy atom. The van der Waals surface area contributed by atoms with Gasteiger partial charge in [0.15, 0.2) is 0 Å². The van der Waals surface area contributed by atoms with Crippen LogP contribution in [0.15, 0.2) is 12.4 Å². The molecule has 2 N–H and O–H groups in total. The van der Waals surface area contributed by atoms with Crippen LogP contribution in [0.25, 0.3) is 0 Å². The van der Waals surface area contributed by atoms with E-state index in [2.05, 4.69) is 5.10 Å². The van der Waals surface area contributed by atoms with Gasteiger partial charge in [-0.25, -0.2) is 0 Å². The number of primary amides is 1. The molecule has 0 radical (unpaired) electrons. The number of nitrogens with zero attached hydrogens (tertiary/aromatic N) is 3. The second-order valence-corrected chi connectivity index (χ2v) is 2.51. The Bertz CT molecular complexity index is 345. The smallest absolute Gasteiger partial charge is 0.307 e. The molecular formula is C6H8N4O3. The van der Waals surface area contributed by atoms with Gasteiger partial charge in [0.1, 0.15) is 18.4 Å². The van der Waals surface area contributed by atoms with Gasteiger partial charge in [-0.15, -0.1) is 0 Å². The summed E-state index contributed by atoms with van der Waals surface area (Å²) in [5.41, 5.74) is 4.82. The lowest BCUT2D eigenvalue weighted by Gasteiger charge is -2.05. The molecule has 0 aliphatic carbocycles. The monoisotopic (exact) mass is 184 g/mol. The minimum absolute atomic E-state index is 0.159. The number of aromatic nitrogens is 2. The molecule has 0 aliphatic rings. The Morgan fingerprint density at radius 1 is 1.85 bits per heavy atom. The van der Waals surface area contributed by atoms with Crippen molar-refractivity contribution in [3.05, 3.63) is 22.5 Å². The van der Waals surface area contributed by atoms with Gasteiger partial charge in [0, 0.05) is 0 Å². The van der Waals surface area contributed by atoms with E-state index in [0.29, 0.717) is 0 Å². The summed E-state index contributed by atoms with van der Waals surface area (Å²) in [6.45, 7) is 1.51. The zero-order valence-electron chi connectivity index (χ0n) is 6.88. The number of nitro groups is 1. The summed E-state index contributed by atoms with van der Waals surface area (Å²) in [6.07, 6.45) is 2.23. The molecule has 0 saturated heterocycles. The van der Waals surface area contributed by atoms with Crippen LogP contribution in [0.5, 0.6) is 0 Å². The molecule has 1 heterocycles. The Hall–Kier alpha value is -1.92. The standard InChI is InChI=1S/C6H8N4O3/c1-4(6(7)11)9-3-5(2-8-9)10(12)13/h2-4H,1H3,(H2,7,11). The third-order valence-electron chi connectivity index (χ3n) is 1.61. The topological polar surface area (TPSA) is 104 Å². The summed E-state index contributed by atoms with van der Waals surface area (Å²) in [4.78, 5) is 20.3. The molecule has 0 aromatic carbocycles. The van der Waals surface area contributed by atoms with Gasteiger partial charge in [0.25, 0.3) is 0 Å². The average molecular weight is 184 g/mol. The van der Waals surface area contributed by atoms with E-state index in [-0.39, 0.29) is 5.69 Å². The number of carbonyl (C=O) groups excluding carboxylic acids is 1. The number of carbonyl (C=O) groups is 1. The number of rotatable bonds is 3. The van der Waals surface area contributed by atoms with E-state index < -0.39 is 16.9 Å². The predicted octanol–water partition coefficient (Wildman–Crippen LogP) is -0.162. The van der Waals surface area contributed by atoms with Crippen molar-refractivity contribution in [2.75, 3.05) is 0 Å². The number of amides is 1. The minimum Gasteiger partial charge on any atom is -0.368 e. The highest BCUT2D eigenvalue weighted by molar-refractivity contribution is 5.77. The van der Waals surface area contributed by atoms with E-state index in [1.54, 1.807) is 0 Å². The van der Waals surface area contributed by atoms with Crippen LogP contribution in [-0.4, -0.2) is 20.6 Å². The van der Waals surface area contributed by atoms with Crippen molar-refractivity contribution >= 4 is 11.6 Å². The Morgan fingerprint density at radius 3 is 2.85 bits per heavy atom. The molecule has 0 bridgehead atoms. The number of hydrogen-bond acceptors (Lipinski definition) is 4. The van der Waals surface area contributed by atoms with Crippen molar-refractivity contribution in [2.45, 2.75) is 13.0 Å². The summed E-state index contributed by atoms with van der Waals surface area (Å²) < 4.78 is 1.15. The van der Waals surface area contributed by atoms with Crippen LogP contribution < -0.4 is 5.73 Å². The lowest BCUT2D eigenvalue weighted by molar-refractivity contribution is -0.385. The van der Waals surface area contributed by atoms with Gasteiger partial charge in [0.2, 0.25) is 5.91 Å². The second kappa shape index (κ2) is 3.21. The molecule has 1 aromatic heterocycles. The van der Waals surface area contributed by atoms with Crippen LogP contribution in [0.3, 0.4) is 0 Å². The van der Waals surface area contributed by atoms with Crippen LogP contribution in [-0.2, 0) is 4.79 Å². The lowest BCUT2D eigenvalue weighted by atomic mass is 10.3. The van der Waals surface area contributed by atoms with E-state index in [4.69, 9.17) is 5.73 Å². The van der Waals surface area contributed by atoms with Gasteiger partial charge < -0.3 is 5.73 Å². The van der Waals surface area contributed by atoms with E-state index >= 15 is 0 Å². The molecule has 0 fully saturated rings. The Kier molecular flexibility index (Phi) is 2.27. The van der Waals surface area contributed by atoms with Crippen LogP contribution in [0.2, 0.25) is 0 Å². The van der Waals surface area contributed by atoms with E-state index in [9.17, 15) is 14.9 Å². The minimum atomic E-state index is -0.673. The van der Waals surface area contributed by atoms with E-state index in [0.717, 1.165) is 17.1 Å². The molecule has 1 atom stereocenters. The molecular weight excluding hydrogens is 176 g/mol. The molecule has 1 rings (SSSR count). The summed E-state index contributed by atoms with van der Waals surface area (Å²) >= 11 is 0. The van der Waals surface area contributed by atoms with Crippen LogP contribution in [0, 0.1) is 10.1 Å². The van der Waals surface area contributed by atoms with Crippen LogP contribution >= 0.6 is 0 Å². The van der Waals surface area contributed by atoms with Crippen LogP contribution in [0.4, 0.5) is 5.69 Å². The summed E-state index contributed by atoms with van der Waals surface area (Å²) in [6, 6.07) is -0.673. The Balaban J connectivity index is 2.91. The fourth-order valence-electron chi connectivity index (χ4n) is 0.764. The first kappa shape index (κ1) is 9.17. The molecule has 1 aromatic rings. The zero-order chi connectivity index (χ0) is 10.0. The van der Waals surface area contributed by atoms with Crippen molar-refractivity contribution in [1.29, 1.82) is 0 Å². The van der Waals surface area contributed by atoms with Gasteiger partial charge in [-0.2, -0.15) is 5.10 Å².